The zero-order valence-corrected chi connectivity index (χ0v) is 13.8. The number of carbonyl (C=O) groups is 2. The number of ketones is 1. The molecule has 0 aromatic rings. The Labute approximate surface area is 138 Å². The van der Waals surface area contributed by atoms with Crippen LogP contribution < -0.4 is 0 Å². The average Bonchev–Trinajstić information content (AvgIpc) is 2.86. The van der Waals surface area contributed by atoms with Gasteiger partial charge in [0.1, 0.15) is 0 Å². The van der Waals surface area contributed by atoms with Crippen LogP contribution in [-0.2, 0) is 9.59 Å². The molecule has 0 bridgehead atoms. The van der Waals surface area contributed by atoms with Gasteiger partial charge in [-0.1, -0.05) is 55.5 Å². The second-order valence-electron chi connectivity index (χ2n) is 5.49. The molecule has 23 heavy (non-hydrogen) atoms. The molecule has 0 aromatic carbocycles. The Morgan fingerprint density at radius 1 is 1.22 bits per heavy atom. The molecule has 0 radical (unpaired) electrons. The summed E-state index contributed by atoms with van der Waals surface area (Å²) in [5.74, 6) is -0.536. The SMILES string of the molecule is CCC=CCC=CC=C1C(=O)C=CC1CC=CCCCC(=O)O. The van der Waals surface area contributed by atoms with Crippen LogP contribution in [0.1, 0.15) is 45.4 Å². The first-order chi connectivity index (χ1) is 11.1. The smallest absolute Gasteiger partial charge is 0.303 e. The molecule has 1 aliphatic carbocycles. The van der Waals surface area contributed by atoms with Gasteiger partial charge >= 0.3 is 5.97 Å². The third-order valence-corrected chi connectivity index (χ3v) is 3.57. The van der Waals surface area contributed by atoms with Crippen LogP contribution >= 0.6 is 0 Å². The van der Waals surface area contributed by atoms with Crippen LogP contribution in [0.15, 0.2) is 60.3 Å². The van der Waals surface area contributed by atoms with E-state index in [9.17, 15) is 9.59 Å². The first-order valence-corrected chi connectivity index (χ1v) is 8.26. The molecular formula is C20H26O3. The molecule has 0 aliphatic heterocycles. The molecule has 1 unspecified atom stereocenters. The van der Waals surface area contributed by atoms with Crippen LogP contribution in [0.25, 0.3) is 0 Å². The standard InChI is InChI=1S/C20H26O3/c1-2-3-4-5-6-10-13-18-17(15-16-19(18)21)12-9-7-8-11-14-20(22)23/h3-4,6-7,9-10,13,15-17H,2,5,8,11-12,14H2,1H3,(H,22,23). The van der Waals surface area contributed by atoms with Gasteiger partial charge in [-0.3, -0.25) is 9.59 Å². The Morgan fingerprint density at radius 2 is 2.04 bits per heavy atom. The monoisotopic (exact) mass is 314 g/mol. The molecule has 1 N–H and O–H groups in total. The van der Waals surface area contributed by atoms with E-state index < -0.39 is 5.97 Å². The molecule has 1 atom stereocenters. The van der Waals surface area contributed by atoms with Crippen LogP contribution in [0.5, 0.6) is 0 Å². The van der Waals surface area contributed by atoms with E-state index >= 15 is 0 Å². The van der Waals surface area contributed by atoms with Crippen molar-refractivity contribution in [3.63, 3.8) is 0 Å². The second-order valence-corrected chi connectivity index (χ2v) is 5.49. The Morgan fingerprint density at radius 3 is 2.78 bits per heavy atom. The van der Waals surface area contributed by atoms with Gasteiger partial charge in [0.2, 0.25) is 0 Å². The van der Waals surface area contributed by atoms with Crippen molar-refractivity contribution in [1.82, 2.24) is 0 Å². The number of carbonyl (C=O) groups excluding carboxylic acids is 1. The zero-order chi connectivity index (χ0) is 16.9. The molecule has 0 amide bonds. The van der Waals surface area contributed by atoms with E-state index in [2.05, 4.69) is 19.1 Å². The van der Waals surface area contributed by atoms with Crippen molar-refractivity contribution < 1.29 is 14.7 Å². The molecule has 1 aliphatic rings. The molecule has 3 nitrogen and oxygen atoms in total. The molecule has 124 valence electrons. The molecule has 0 fully saturated rings. The van der Waals surface area contributed by atoms with Crippen LogP contribution in [-0.4, -0.2) is 16.9 Å². The number of hydrogen-bond acceptors (Lipinski definition) is 2. The van der Waals surface area contributed by atoms with Crippen LogP contribution in [0.3, 0.4) is 0 Å². The van der Waals surface area contributed by atoms with E-state index in [1.165, 1.54) is 0 Å². The fraction of sp³-hybridized carbons (Fsp3) is 0.400. The van der Waals surface area contributed by atoms with Crippen LogP contribution in [0, 0.1) is 5.92 Å². The normalized spacial score (nSPS) is 20.0. The van der Waals surface area contributed by atoms with Gasteiger partial charge in [0.15, 0.2) is 5.78 Å². The number of aliphatic carboxylic acids is 1. The van der Waals surface area contributed by atoms with E-state index in [1.807, 2.05) is 36.5 Å². The van der Waals surface area contributed by atoms with Gasteiger partial charge < -0.3 is 5.11 Å². The maximum Gasteiger partial charge on any atom is 0.303 e. The van der Waals surface area contributed by atoms with Crippen molar-refractivity contribution in [3.8, 4) is 0 Å². The summed E-state index contributed by atoms with van der Waals surface area (Å²) in [6.07, 6.45) is 22.1. The van der Waals surface area contributed by atoms with Crippen LogP contribution in [0.2, 0.25) is 0 Å². The predicted octanol–water partition coefficient (Wildman–Crippen LogP) is 4.78. The fourth-order valence-electron chi connectivity index (χ4n) is 2.32. The molecule has 0 aromatic heterocycles. The highest BCUT2D eigenvalue weighted by Gasteiger charge is 2.20. The van der Waals surface area contributed by atoms with Crippen molar-refractivity contribution in [2.75, 3.05) is 0 Å². The third-order valence-electron chi connectivity index (χ3n) is 3.57. The van der Waals surface area contributed by atoms with Gasteiger partial charge in [0, 0.05) is 17.9 Å². The minimum atomic E-state index is -0.756. The lowest BCUT2D eigenvalue weighted by molar-refractivity contribution is -0.137. The van der Waals surface area contributed by atoms with Crippen molar-refractivity contribution in [3.05, 3.63) is 60.3 Å². The largest absolute Gasteiger partial charge is 0.481 e. The molecular weight excluding hydrogens is 288 g/mol. The number of allylic oxidation sites excluding steroid dienone is 10. The fourth-order valence-corrected chi connectivity index (χ4v) is 2.32. The van der Waals surface area contributed by atoms with Crippen LogP contribution in [0.4, 0.5) is 0 Å². The van der Waals surface area contributed by atoms with E-state index in [0.29, 0.717) is 6.42 Å². The molecule has 1 rings (SSSR count). The first kappa shape index (κ1) is 18.9. The summed E-state index contributed by atoms with van der Waals surface area (Å²) in [7, 11) is 0. The summed E-state index contributed by atoms with van der Waals surface area (Å²) in [5.41, 5.74) is 0.830. The molecule has 3 heteroatoms. The Bertz CT molecular complexity index is 533. The second kappa shape index (κ2) is 11.4. The van der Waals surface area contributed by atoms with Gasteiger partial charge in [-0.15, -0.1) is 0 Å². The Balaban J connectivity index is 2.42. The summed E-state index contributed by atoms with van der Waals surface area (Å²) in [5, 5.41) is 8.57. The highest BCUT2D eigenvalue weighted by atomic mass is 16.4. The summed E-state index contributed by atoms with van der Waals surface area (Å²) in [6.45, 7) is 2.10. The summed E-state index contributed by atoms with van der Waals surface area (Å²) >= 11 is 0. The van der Waals surface area contributed by atoms with E-state index in [-0.39, 0.29) is 18.1 Å². The maximum atomic E-state index is 11.9. The number of carboxylic acids is 1. The van der Waals surface area contributed by atoms with E-state index in [4.69, 9.17) is 5.11 Å². The lowest BCUT2D eigenvalue weighted by Gasteiger charge is -2.06. The van der Waals surface area contributed by atoms with Crippen molar-refractivity contribution in [1.29, 1.82) is 0 Å². The minimum Gasteiger partial charge on any atom is -0.481 e. The number of hydrogen-bond donors (Lipinski definition) is 1. The van der Waals surface area contributed by atoms with E-state index in [1.54, 1.807) is 6.08 Å². The van der Waals surface area contributed by atoms with Crippen molar-refractivity contribution in [2.24, 2.45) is 5.92 Å². The van der Waals surface area contributed by atoms with Gasteiger partial charge in [-0.25, -0.2) is 0 Å². The lowest BCUT2D eigenvalue weighted by atomic mass is 9.97. The van der Waals surface area contributed by atoms with Gasteiger partial charge in [-0.2, -0.15) is 0 Å². The average molecular weight is 314 g/mol. The van der Waals surface area contributed by atoms with Gasteiger partial charge in [-0.05, 0) is 38.2 Å². The Hall–Kier alpha value is -2.16. The zero-order valence-electron chi connectivity index (χ0n) is 13.8. The minimum absolute atomic E-state index is 0.0861. The van der Waals surface area contributed by atoms with Gasteiger partial charge in [0.05, 0.1) is 0 Å². The molecule has 0 heterocycles. The number of unbranched alkanes of at least 4 members (excludes halogenated alkanes) is 1. The summed E-state index contributed by atoms with van der Waals surface area (Å²) in [4.78, 5) is 22.3. The lowest BCUT2D eigenvalue weighted by Crippen LogP contribution is -2.01. The maximum absolute atomic E-state index is 11.9. The topological polar surface area (TPSA) is 54.4 Å². The Kier molecular flexibility index (Phi) is 9.37. The third kappa shape index (κ3) is 8.15. The highest BCUT2D eigenvalue weighted by molar-refractivity contribution is 6.07. The van der Waals surface area contributed by atoms with Crippen molar-refractivity contribution >= 4 is 11.8 Å². The van der Waals surface area contributed by atoms with E-state index in [0.717, 1.165) is 31.3 Å². The van der Waals surface area contributed by atoms with Crippen molar-refractivity contribution in [2.45, 2.75) is 45.4 Å². The summed E-state index contributed by atoms with van der Waals surface area (Å²) in [6, 6.07) is 0. The number of carboxylic acid groups (broad SMARTS) is 1. The quantitative estimate of drug-likeness (QED) is 0.358. The molecule has 0 spiro atoms. The number of rotatable bonds is 10. The highest BCUT2D eigenvalue weighted by Crippen LogP contribution is 2.25. The molecule has 0 saturated carbocycles. The van der Waals surface area contributed by atoms with Gasteiger partial charge in [0.25, 0.3) is 0 Å². The first-order valence-electron chi connectivity index (χ1n) is 8.26. The molecule has 0 saturated heterocycles. The summed E-state index contributed by atoms with van der Waals surface area (Å²) < 4.78 is 0. The predicted molar refractivity (Wildman–Crippen MR) is 94.2 cm³/mol.